The van der Waals surface area contributed by atoms with Crippen molar-refractivity contribution in [2.24, 2.45) is 5.92 Å². The van der Waals surface area contributed by atoms with E-state index in [1.54, 1.807) is 0 Å². The van der Waals surface area contributed by atoms with Crippen molar-refractivity contribution < 1.29 is 5.11 Å². The molecule has 0 heterocycles. The van der Waals surface area contributed by atoms with Crippen LogP contribution in [0.5, 0.6) is 0 Å². The zero-order valence-corrected chi connectivity index (χ0v) is 9.63. The molecule has 1 rings (SSSR count). The molecule has 14 heavy (non-hydrogen) atoms. The molecule has 1 aliphatic carbocycles. The van der Waals surface area contributed by atoms with Crippen LogP contribution in [-0.2, 0) is 0 Å². The Morgan fingerprint density at radius 1 is 1.29 bits per heavy atom. The third kappa shape index (κ3) is 4.43. The molecule has 0 aliphatic heterocycles. The van der Waals surface area contributed by atoms with Crippen LogP contribution in [-0.4, -0.2) is 23.8 Å². The van der Waals surface area contributed by atoms with Crippen LogP contribution in [0.15, 0.2) is 0 Å². The van der Waals surface area contributed by atoms with Gasteiger partial charge in [0.15, 0.2) is 0 Å². The van der Waals surface area contributed by atoms with Gasteiger partial charge in [-0.2, -0.15) is 0 Å². The first-order valence-electron chi connectivity index (χ1n) is 6.09. The van der Waals surface area contributed by atoms with Crippen LogP contribution in [0, 0.1) is 5.92 Å². The van der Waals surface area contributed by atoms with Gasteiger partial charge in [0.2, 0.25) is 0 Å². The second kappa shape index (κ2) is 6.41. The Balaban J connectivity index is 2.02. The molecule has 2 N–H and O–H groups in total. The van der Waals surface area contributed by atoms with Crippen LogP contribution >= 0.6 is 0 Å². The van der Waals surface area contributed by atoms with Crippen LogP contribution in [0.1, 0.15) is 52.4 Å². The molecule has 0 bridgehead atoms. The van der Waals surface area contributed by atoms with E-state index in [9.17, 15) is 0 Å². The Morgan fingerprint density at radius 3 is 2.50 bits per heavy atom. The lowest BCUT2D eigenvalue weighted by Gasteiger charge is -2.30. The maximum atomic E-state index is 8.71. The Kier molecular flexibility index (Phi) is 5.49. The normalized spacial score (nSPS) is 21.6. The molecular formula is C12H25NO. The largest absolute Gasteiger partial charge is 0.396 e. The molecule has 2 nitrogen and oxygen atoms in total. The van der Waals surface area contributed by atoms with Gasteiger partial charge in [-0.05, 0) is 39.0 Å². The molecule has 0 amide bonds. The standard InChI is InChI=1S/C12H25NO/c1-10(5-4-8-14)13-11(2)9-12-6-3-7-12/h10-14H,3-9H2,1-2H3. The van der Waals surface area contributed by atoms with Gasteiger partial charge in [-0.3, -0.25) is 0 Å². The van der Waals surface area contributed by atoms with Gasteiger partial charge in [-0.15, -0.1) is 0 Å². The third-order valence-corrected chi connectivity index (χ3v) is 3.28. The van der Waals surface area contributed by atoms with Crippen LogP contribution in [0.3, 0.4) is 0 Å². The molecule has 0 aromatic carbocycles. The van der Waals surface area contributed by atoms with Crippen molar-refractivity contribution in [2.75, 3.05) is 6.61 Å². The molecule has 1 aliphatic rings. The number of aliphatic hydroxyl groups is 1. The quantitative estimate of drug-likeness (QED) is 0.659. The fourth-order valence-corrected chi connectivity index (χ4v) is 2.26. The highest BCUT2D eigenvalue weighted by Gasteiger charge is 2.20. The Hall–Kier alpha value is -0.0800. The van der Waals surface area contributed by atoms with Crippen LogP contribution in [0.25, 0.3) is 0 Å². The SMILES string of the molecule is CC(CCCO)NC(C)CC1CCC1. The average Bonchev–Trinajstić information content (AvgIpc) is 2.08. The summed E-state index contributed by atoms with van der Waals surface area (Å²) in [6.45, 7) is 4.82. The maximum absolute atomic E-state index is 8.71. The minimum Gasteiger partial charge on any atom is -0.396 e. The van der Waals surface area contributed by atoms with Gasteiger partial charge in [0.05, 0.1) is 0 Å². The minimum absolute atomic E-state index is 0.322. The van der Waals surface area contributed by atoms with E-state index in [1.807, 2.05) is 0 Å². The lowest BCUT2D eigenvalue weighted by molar-refractivity contribution is 0.248. The van der Waals surface area contributed by atoms with Crippen LogP contribution in [0.2, 0.25) is 0 Å². The van der Waals surface area contributed by atoms with Gasteiger partial charge in [0, 0.05) is 18.7 Å². The fraction of sp³-hybridized carbons (Fsp3) is 1.00. The minimum atomic E-state index is 0.322. The number of hydrogen-bond acceptors (Lipinski definition) is 2. The topological polar surface area (TPSA) is 32.3 Å². The highest BCUT2D eigenvalue weighted by Crippen LogP contribution is 2.30. The second-order valence-electron chi connectivity index (χ2n) is 4.87. The van der Waals surface area contributed by atoms with Gasteiger partial charge in [-0.1, -0.05) is 19.3 Å². The van der Waals surface area contributed by atoms with Crippen molar-refractivity contribution in [3.8, 4) is 0 Å². The molecule has 0 aromatic rings. The molecule has 0 saturated heterocycles. The van der Waals surface area contributed by atoms with Crippen molar-refractivity contribution >= 4 is 0 Å². The van der Waals surface area contributed by atoms with E-state index in [-0.39, 0.29) is 0 Å². The van der Waals surface area contributed by atoms with Gasteiger partial charge in [0.1, 0.15) is 0 Å². The summed E-state index contributed by atoms with van der Waals surface area (Å²) in [5.41, 5.74) is 0. The highest BCUT2D eigenvalue weighted by atomic mass is 16.2. The predicted molar refractivity (Wildman–Crippen MR) is 60.3 cm³/mol. The van der Waals surface area contributed by atoms with E-state index < -0.39 is 0 Å². The van der Waals surface area contributed by atoms with E-state index in [2.05, 4.69) is 19.2 Å². The number of nitrogens with one attached hydrogen (secondary N) is 1. The van der Waals surface area contributed by atoms with Crippen molar-refractivity contribution in [1.29, 1.82) is 0 Å². The van der Waals surface area contributed by atoms with E-state index in [1.165, 1.54) is 25.7 Å². The summed E-state index contributed by atoms with van der Waals surface area (Å²) in [6.07, 6.45) is 7.67. The summed E-state index contributed by atoms with van der Waals surface area (Å²) < 4.78 is 0. The van der Waals surface area contributed by atoms with E-state index in [4.69, 9.17) is 5.11 Å². The number of aliphatic hydroxyl groups excluding tert-OH is 1. The maximum Gasteiger partial charge on any atom is 0.0431 e. The van der Waals surface area contributed by atoms with E-state index in [0.717, 1.165) is 18.8 Å². The van der Waals surface area contributed by atoms with Gasteiger partial charge in [0.25, 0.3) is 0 Å². The summed E-state index contributed by atoms with van der Waals surface area (Å²) in [6, 6.07) is 1.20. The van der Waals surface area contributed by atoms with Crippen molar-refractivity contribution in [3.05, 3.63) is 0 Å². The van der Waals surface area contributed by atoms with Gasteiger partial charge >= 0.3 is 0 Å². The molecule has 1 fully saturated rings. The van der Waals surface area contributed by atoms with E-state index >= 15 is 0 Å². The van der Waals surface area contributed by atoms with Gasteiger partial charge < -0.3 is 10.4 Å². The monoisotopic (exact) mass is 199 g/mol. The lowest BCUT2D eigenvalue weighted by atomic mass is 9.81. The molecular weight excluding hydrogens is 174 g/mol. The summed E-state index contributed by atoms with van der Waals surface area (Å²) in [7, 11) is 0. The number of hydrogen-bond donors (Lipinski definition) is 2. The summed E-state index contributed by atoms with van der Waals surface area (Å²) in [5.74, 6) is 0.988. The predicted octanol–water partition coefficient (Wildman–Crippen LogP) is 2.32. The molecule has 0 spiro atoms. The van der Waals surface area contributed by atoms with Crippen molar-refractivity contribution in [3.63, 3.8) is 0 Å². The molecule has 1 saturated carbocycles. The van der Waals surface area contributed by atoms with Crippen molar-refractivity contribution in [2.45, 2.75) is 64.5 Å². The fourth-order valence-electron chi connectivity index (χ4n) is 2.26. The smallest absolute Gasteiger partial charge is 0.0431 e. The van der Waals surface area contributed by atoms with Crippen LogP contribution < -0.4 is 5.32 Å². The third-order valence-electron chi connectivity index (χ3n) is 3.28. The Morgan fingerprint density at radius 2 is 2.00 bits per heavy atom. The van der Waals surface area contributed by atoms with Crippen LogP contribution in [0.4, 0.5) is 0 Å². The Labute approximate surface area is 88.1 Å². The summed E-state index contributed by atoms with van der Waals surface area (Å²) in [4.78, 5) is 0. The summed E-state index contributed by atoms with van der Waals surface area (Å²) in [5, 5.41) is 12.3. The molecule has 2 heteroatoms. The molecule has 0 aromatic heterocycles. The first kappa shape index (κ1) is 12.0. The molecule has 2 unspecified atom stereocenters. The zero-order chi connectivity index (χ0) is 10.4. The van der Waals surface area contributed by atoms with Gasteiger partial charge in [-0.25, -0.2) is 0 Å². The summed E-state index contributed by atoms with van der Waals surface area (Å²) >= 11 is 0. The molecule has 84 valence electrons. The number of rotatable bonds is 7. The lowest BCUT2D eigenvalue weighted by Crippen LogP contribution is -2.36. The average molecular weight is 199 g/mol. The Bertz CT molecular complexity index is 145. The first-order chi connectivity index (χ1) is 6.72. The zero-order valence-electron chi connectivity index (χ0n) is 9.63. The second-order valence-corrected chi connectivity index (χ2v) is 4.87. The molecule has 0 radical (unpaired) electrons. The van der Waals surface area contributed by atoms with E-state index in [0.29, 0.717) is 18.7 Å². The molecule has 2 atom stereocenters. The first-order valence-corrected chi connectivity index (χ1v) is 6.09. The van der Waals surface area contributed by atoms with Crippen molar-refractivity contribution in [1.82, 2.24) is 5.32 Å². The highest BCUT2D eigenvalue weighted by molar-refractivity contribution is 4.76.